The highest BCUT2D eigenvalue weighted by molar-refractivity contribution is 5.92. The maximum absolute atomic E-state index is 12.0. The first-order valence-electron chi connectivity index (χ1n) is 13.0. The molecule has 38 heavy (non-hydrogen) atoms. The van der Waals surface area contributed by atoms with Crippen molar-refractivity contribution >= 4 is 16.9 Å². The van der Waals surface area contributed by atoms with Gasteiger partial charge in [0.25, 0.3) is 0 Å². The number of carbonyl (C=O) groups is 1. The van der Waals surface area contributed by atoms with E-state index in [2.05, 4.69) is 26.8 Å². The molecule has 202 valence electrons. The Morgan fingerprint density at radius 2 is 1.87 bits per heavy atom. The minimum atomic E-state index is -0.440. The van der Waals surface area contributed by atoms with E-state index in [0.29, 0.717) is 59.4 Å². The lowest BCUT2D eigenvalue weighted by molar-refractivity contribution is 0.0260. The number of piperazine rings is 1. The van der Waals surface area contributed by atoms with Crippen molar-refractivity contribution in [3.63, 3.8) is 0 Å². The lowest BCUT2D eigenvalue weighted by atomic mass is 10.1. The van der Waals surface area contributed by atoms with E-state index in [9.17, 15) is 4.79 Å². The van der Waals surface area contributed by atoms with Gasteiger partial charge in [0.15, 0.2) is 0 Å². The number of ether oxygens (including phenoxy) is 5. The molecule has 2 aliphatic rings. The number of carbonyl (C=O) groups excluding carboxylic acids is 1. The van der Waals surface area contributed by atoms with E-state index in [1.54, 1.807) is 24.3 Å². The van der Waals surface area contributed by atoms with Crippen molar-refractivity contribution in [3.05, 3.63) is 48.3 Å². The molecule has 0 amide bonds. The Balaban J connectivity index is 1.40. The van der Waals surface area contributed by atoms with Crippen LogP contribution in [0.3, 0.4) is 0 Å². The van der Waals surface area contributed by atoms with Crippen molar-refractivity contribution in [2.45, 2.75) is 18.9 Å². The van der Waals surface area contributed by atoms with Crippen LogP contribution < -0.4 is 14.2 Å². The summed E-state index contributed by atoms with van der Waals surface area (Å²) in [4.78, 5) is 25.6. The summed E-state index contributed by atoms with van der Waals surface area (Å²) in [6.07, 6.45) is 3.04. The standard InChI is InChI=1S/C28H34N4O6/c1-31-8-10-32(11-9-31)12-15-36-23-17-24-26(25(18-23)37-21-6-13-35-14-7-21)27(30-19-29-24)38-22-5-3-4-20(16-22)28(33)34-2/h3-5,16-19,21H,6-15H2,1-2H3. The van der Waals surface area contributed by atoms with E-state index in [1.807, 2.05) is 12.1 Å². The highest BCUT2D eigenvalue weighted by atomic mass is 16.5. The van der Waals surface area contributed by atoms with Crippen molar-refractivity contribution in [1.82, 2.24) is 19.8 Å². The molecule has 0 saturated carbocycles. The van der Waals surface area contributed by atoms with Crippen molar-refractivity contribution in [3.8, 4) is 23.1 Å². The summed E-state index contributed by atoms with van der Waals surface area (Å²) in [6, 6.07) is 10.6. The van der Waals surface area contributed by atoms with Gasteiger partial charge < -0.3 is 28.6 Å². The number of likely N-dealkylation sites (N-methyl/N-ethyl adjacent to an activating group) is 1. The second-order valence-corrected chi connectivity index (χ2v) is 9.54. The minimum Gasteiger partial charge on any atom is -0.492 e. The molecule has 0 spiro atoms. The van der Waals surface area contributed by atoms with Gasteiger partial charge in [-0.2, -0.15) is 0 Å². The Kier molecular flexibility index (Phi) is 8.52. The fourth-order valence-corrected chi connectivity index (χ4v) is 4.61. The number of fused-ring (bicyclic) bond motifs is 1. The molecule has 10 nitrogen and oxygen atoms in total. The van der Waals surface area contributed by atoms with Crippen molar-refractivity contribution in [1.29, 1.82) is 0 Å². The van der Waals surface area contributed by atoms with Gasteiger partial charge >= 0.3 is 5.97 Å². The average molecular weight is 523 g/mol. The Bertz CT molecular complexity index is 1240. The number of benzene rings is 2. The minimum absolute atomic E-state index is 0.00301. The third kappa shape index (κ3) is 6.50. The predicted molar refractivity (Wildman–Crippen MR) is 141 cm³/mol. The second kappa shape index (κ2) is 12.4. The zero-order valence-corrected chi connectivity index (χ0v) is 21.9. The first kappa shape index (κ1) is 26.1. The van der Waals surface area contributed by atoms with Crippen LogP contribution in [0.25, 0.3) is 10.9 Å². The molecule has 10 heteroatoms. The number of aromatic nitrogens is 2. The van der Waals surface area contributed by atoms with Gasteiger partial charge in [-0.3, -0.25) is 4.90 Å². The van der Waals surface area contributed by atoms with Crippen LogP contribution in [-0.4, -0.2) is 98.5 Å². The van der Waals surface area contributed by atoms with E-state index >= 15 is 0 Å². The zero-order chi connectivity index (χ0) is 26.3. The molecule has 2 aromatic carbocycles. The number of hydrogen-bond donors (Lipinski definition) is 0. The molecule has 1 aromatic heterocycles. The predicted octanol–water partition coefficient (Wildman–Crippen LogP) is 3.39. The lowest BCUT2D eigenvalue weighted by Crippen LogP contribution is -2.45. The maximum atomic E-state index is 12.0. The largest absolute Gasteiger partial charge is 0.492 e. The van der Waals surface area contributed by atoms with E-state index in [0.717, 1.165) is 45.6 Å². The van der Waals surface area contributed by atoms with Crippen LogP contribution in [0.1, 0.15) is 23.2 Å². The van der Waals surface area contributed by atoms with Gasteiger partial charge in [0, 0.05) is 57.7 Å². The molecule has 2 aliphatic heterocycles. The van der Waals surface area contributed by atoms with Crippen LogP contribution in [0.5, 0.6) is 23.1 Å². The van der Waals surface area contributed by atoms with E-state index in [1.165, 1.54) is 13.4 Å². The zero-order valence-electron chi connectivity index (χ0n) is 21.9. The van der Waals surface area contributed by atoms with Gasteiger partial charge in [0.2, 0.25) is 5.88 Å². The summed E-state index contributed by atoms with van der Waals surface area (Å²) in [5.41, 5.74) is 1.04. The van der Waals surface area contributed by atoms with E-state index in [4.69, 9.17) is 23.7 Å². The third-order valence-corrected chi connectivity index (χ3v) is 6.84. The Labute approximate surface area is 222 Å². The number of esters is 1. The number of nitrogens with zero attached hydrogens (tertiary/aromatic N) is 4. The summed E-state index contributed by atoms with van der Waals surface area (Å²) in [5.74, 6) is 1.64. The summed E-state index contributed by atoms with van der Waals surface area (Å²) in [5, 5.41) is 0.647. The molecule has 0 atom stereocenters. The Morgan fingerprint density at radius 3 is 2.66 bits per heavy atom. The number of methoxy groups -OCH3 is 1. The van der Waals surface area contributed by atoms with Gasteiger partial charge in [-0.05, 0) is 25.2 Å². The fourth-order valence-electron chi connectivity index (χ4n) is 4.61. The summed E-state index contributed by atoms with van der Waals surface area (Å²) >= 11 is 0. The van der Waals surface area contributed by atoms with Gasteiger partial charge in [-0.25, -0.2) is 14.8 Å². The maximum Gasteiger partial charge on any atom is 0.337 e. The fraction of sp³-hybridized carbons (Fsp3) is 0.464. The Hall–Kier alpha value is -3.47. The van der Waals surface area contributed by atoms with Gasteiger partial charge in [0.05, 0.1) is 31.4 Å². The Morgan fingerprint density at radius 1 is 1.05 bits per heavy atom. The summed E-state index contributed by atoms with van der Waals surface area (Å²) < 4.78 is 29.1. The molecule has 0 bridgehead atoms. The van der Waals surface area contributed by atoms with Crippen molar-refractivity contribution in [2.24, 2.45) is 0 Å². The van der Waals surface area contributed by atoms with Crippen LogP contribution in [0.2, 0.25) is 0 Å². The smallest absolute Gasteiger partial charge is 0.337 e. The average Bonchev–Trinajstić information content (AvgIpc) is 2.94. The SMILES string of the molecule is COC(=O)c1cccc(Oc2ncnc3cc(OCCN4CCN(C)CC4)cc(OC4CCOCC4)c23)c1. The molecule has 3 heterocycles. The highest BCUT2D eigenvalue weighted by Gasteiger charge is 2.21. The monoisotopic (exact) mass is 522 g/mol. The number of hydrogen-bond acceptors (Lipinski definition) is 10. The second-order valence-electron chi connectivity index (χ2n) is 9.54. The van der Waals surface area contributed by atoms with Crippen LogP contribution in [0.15, 0.2) is 42.7 Å². The van der Waals surface area contributed by atoms with E-state index in [-0.39, 0.29) is 6.10 Å². The molecular formula is C28H34N4O6. The van der Waals surface area contributed by atoms with Gasteiger partial charge in [-0.15, -0.1) is 0 Å². The molecule has 0 unspecified atom stereocenters. The van der Waals surface area contributed by atoms with Crippen LogP contribution in [-0.2, 0) is 9.47 Å². The highest BCUT2D eigenvalue weighted by Crippen LogP contribution is 2.38. The molecular weight excluding hydrogens is 488 g/mol. The molecule has 3 aromatic rings. The van der Waals surface area contributed by atoms with Crippen LogP contribution in [0, 0.1) is 0 Å². The van der Waals surface area contributed by atoms with Crippen LogP contribution in [0.4, 0.5) is 0 Å². The normalized spacial score (nSPS) is 17.3. The molecule has 0 radical (unpaired) electrons. The van der Waals surface area contributed by atoms with Crippen molar-refractivity contribution in [2.75, 3.05) is 66.7 Å². The molecule has 2 saturated heterocycles. The third-order valence-electron chi connectivity index (χ3n) is 6.84. The molecule has 0 aliphatic carbocycles. The van der Waals surface area contributed by atoms with Crippen molar-refractivity contribution < 1.29 is 28.5 Å². The molecule has 5 rings (SSSR count). The summed E-state index contributed by atoms with van der Waals surface area (Å²) in [6.45, 7) is 6.97. The van der Waals surface area contributed by atoms with E-state index < -0.39 is 5.97 Å². The van der Waals surface area contributed by atoms with Gasteiger partial charge in [0.1, 0.15) is 41.7 Å². The van der Waals surface area contributed by atoms with Crippen LogP contribution >= 0.6 is 0 Å². The van der Waals surface area contributed by atoms with Gasteiger partial charge in [-0.1, -0.05) is 6.07 Å². The topological polar surface area (TPSA) is 95.5 Å². The molecule has 0 N–H and O–H groups in total. The number of rotatable bonds is 9. The summed E-state index contributed by atoms with van der Waals surface area (Å²) in [7, 11) is 3.50. The first-order chi connectivity index (χ1) is 18.6. The quantitative estimate of drug-likeness (QED) is 0.389. The first-order valence-corrected chi connectivity index (χ1v) is 13.0. The lowest BCUT2D eigenvalue weighted by Gasteiger charge is -2.32. The molecule has 2 fully saturated rings.